The van der Waals surface area contributed by atoms with Crippen LogP contribution < -0.4 is 10.3 Å². The summed E-state index contributed by atoms with van der Waals surface area (Å²) in [5, 5.41) is 1.02. The molecule has 4 aromatic rings. The van der Waals surface area contributed by atoms with Gasteiger partial charge in [0.25, 0.3) is 5.91 Å². The molecule has 1 aliphatic heterocycles. The Morgan fingerprint density at radius 1 is 0.969 bits per heavy atom. The molecule has 2 heterocycles. The van der Waals surface area contributed by atoms with Crippen LogP contribution in [-0.2, 0) is 0 Å². The van der Waals surface area contributed by atoms with E-state index in [1.165, 1.54) is 5.56 Å². The summed E-state index contributed by atoms with van der Waals surface area (Å²) >= 11 is 6.39. The molecule has 1 aromatic heterocycles. The van der Waals surface area contributed by atoms with E-state index < -0.39 is 6.04 Å². The van der Waals surface area contributed by atoms with Crippen molar-refractivity contribution >= 4 is 34.2 Å². The molecule has 4 nitrogen and oxygen atoms in total. The first kappa shape index (κ1) is 20.5. The van der Waals surface area contributed by atoms with E-state index in [-0.39, 0.29) is 17.1 Å². The van der Waals surface area contributed by atoms with Gasteiger partial charge in [-0.2, -0.15) is 0 Å². The summed E-state index contributed by atoms with van der Waals surface area (Å²) in [5.41, 5.74) is 4.16. The molecule has 1 atom stereocenters. The lowest BCUT2D eigenvalue weighted by atomic mass is 9.95. The maximum atomic E-state index is 13.6. The fourth-order valence-electron chi connectivity index (χ4n) is 4.30. The average molecular weight is 444 g/mol. The molecule has 0 fully saturated rings. The fourth-order valence-corrected chi connectivity index (χ4v) is 4.47. The van der Waals surface area contributed by atoms with Crippen molar-refractivity contribution in [3.8, 4) is 0 Å². The zero-order valence-electron chi connectivity index (χ0n) is 18.1. The highest BCUT2D eigenvalue weighted by atomic mass is 35.5. The maximum absolute atomic E-state index is 13.6. The van der Waals surface area contributed by atoms with E-state index in [0.717, 1.165) is 11.1 Å². The second-order valence-corrected chi connectivity index (χ2v) is 8.91. The topological polar surface area (TPSA) is 50.5 Å². The van der Waals surface area contributed by atoms with Crippen molar-refractivity contribution in [2.75, 3.05) is 4.90 Å². The van der Waals surface area contributed by atoms with Crippen LogP contribution in [0, 0.1) is 6.92 Å². The second kappa shape index (κ2) is 7.64. The molecule has 3 aromatic carbocycles. The van der Waals surface area contributed by atoms with Crippen molar-refractivity contribution in [3.63, 3.8) is 0 Å². The Kier molecular flexibility index (Phi) is 4.90. The third-order valence-electron chi connectivity index (χ3n) is 6.13. The molecular weight excluding hydrogens is 422 g/mol. The standard InChI is InChI=1S/C27H22ClNO3/c1-15(2)17-9-11-18(12-10-17)24-23-25(30)20-6-4-5-7-22(20)32-26(23)27(31)29(24)19-13-8-16(3)21(28)14-19/h4-15,24H,1-3H3. The molecule has 1 amide bonds. The van der Waals surface area contributed by atoms with Crippen molar-refractivity contribution < 1.29 is 9.21 Å². The van der Waals surface area contributed by atoms with Crippen LogP contribution in [0.2, 0.25) is 5.02 Å². The van der Waals surface area contributed by atoms with Crippen LogP contribution >= 0.6 is 11.6 Å². The van der Waals surface area contributed by atoms with Crippen molar-refractivity contribution in [2.24, 2.45) is 0 Å². The first-order valence-electron chi connectivity index (χ1n) is 10.6. The summed E-state index contributed by atoms with van der Waals surface area (Å²) in [5.74, 6) is 0.117. The molecule has 1 unspecified atom stereocenters. The van der Waals surface area contributed by atoms with Crippen molar-refractivity contribution in [1.82, 2.24) is 0 Å². The van der Waals surface area contributed by atoms with Gasteiger partial charge in [-0.05, 0) is 53.8 Å². The van der Waals surface area contributed by atoms with Gasteiger partial charge >= 0.3 is 0 Å². The average Bonchev–Trinajstić information content (AvgIpc) is 3.08. The van der Waals surface area contributed by atoms with Gasteiger partial charge in [-0.1, -0.05) is 67.9 Å². The van der Waals surface area contributed by atoms with Gasteiger partial charge in [0.1, 0.15) is 5.58 Å². The monoisotopic (exact) mass is 443 g/mol. The third kappa shape index (κ3) is 3.14. The highest BCUT2D eigenvalue weighted by Crippen LogP contribution is 2.42. The lowest BCUT2D eigenvalue weighted by molar-refractivity contribution is 0.0971. The molecule has 32 heavy (non-hydrogen) atoms. The molecule has 5 rings (SSSR count). The van der Waals surface area contributed by atoms with Gasteiger partial charge in [0.15, 0.2) is 5.43 Å². The number of carbonyl (C=O) groups is 1. The summed E-state index contributed by atoms with van der Waals surface area (Å²) in [6, 6.07) is 20.0. The van der Waals surface area contributed by atoms with Gasteiger partial charge in [0, 0.05) is 10.7 Å². The van der Waals surface area contributed by atoms with Gasteiger partial charge in [-0.3, -0.25) is 14.5 Å². The number of benzene rings is 3. The van der Waals surface area contributed by atoms with Crippen LogP contribution in [0.1, 0.15) is 58.6 Å². The Hall–Kier alpha value is -3.37. The first-order chi connectivity index (χ1) is 15.4. The summed E-state index contributed by atoms with van der Waals surface area (Å²) in [6.07, 6.45) is 0. The summed E-state index contributed by atoms with van der Waals surface area (Å²) in [4.78, 5) is 28.8. The number of hydrogen-bond donors (Lipinski definition) is 0. The first-order valence-corrected chi connectivity index (χ1v) is 11.0. The molecule has 0 N–H and O–H groups in total. The highest BCUT2D eigenvalue weighted by Gasteiger charge is 2.43. The normalized spacial score (nSPS) is 15.6. The molecule has 5 heteroatoms. The lowest BCUT2D eigenvalue weighted by Crippen LogP contribution is -2.29. The molecule has 0 aliphatic carbocycles. The predicted molar refractivity (Wildman–Crippen MR) is 128 cm³/mol. The molecule has 1 aliphatic rings. The van der Waals surface area contributed by atoms with Gasteiger partial charge < -0.3 is 4.42 Å². The number of para-hydroxylation sites is 1. The van der Waals surface area contributed by atoms with Crippen LogP contribution in [0.3, 0.4) is 0 Å². The molecule has 160 valence electrons. The number of aryl methyl sites for hydroxylation is 1. The largest absolute Gasteiger partial charge is 0.450 e. The number of rotatable bonds is 3. The minimum Gasteiger partial charge on any atom is -0.450 e. The Morgan fingerprint density at radius 3 is 2.38 bits per heavy atom. The van der Waals surface area contributed by atoms with Crippen LogP contribution in [0.15, 0.2) is 75.9 Å². The molecule has 0 spiro atoms. The Labute approximate surface area is 191 Å². The molecule has 0 saturated carbocycles. The van der Waals surface area contributed by atoms with E-state index in [2.05, 4.69) is 13.8 Å². The maximum Gasteiger partial charge on any atom is 0.295 e. The number of fused-ring (bicyclic) bond motifs is 2. The molecular formula is C27H22ClNO3. The number of amides is 1. The van der Waals surface area contributed by atoms with E-state index in [4.69, 9.17) is 16.0 Å². The van der Waals surface area contributed by atoms with E-state index in [1.54, 1.807) is 35.2 Å². The highest BCUT2D eigenvalue weighted by molar-refractivity contribution is 6.31. The quantitative estimate of drug-likeness (QED) is 0.357. The minimum atomic E-state index is -0.599. The third-order valence-corrected chi connectivity index (χ3v) is 6.54. The van der Waals surface area contributed by atoms with Gasteiger partial charge in [-0.15, -0.1) is 0 Å². The van der Waals surface area contributed by atoms with Gasteiger partial charge in [-0.25, -0.2) is 0 Å². The number of carbonyl (C=O) groups excluding carboxylic acids is 1. The van der Waals surface area contributed by atoms with Gasteiger partial charge in [0.2, 0.25) is 5.76 Å². The minimum absolute atomic E-state index is 0.0864. The Morgan fingerprint density at radius 2 is 1.69 bits per heavy atom. The molecule has 0 radical (unpaired) electrons. The van der Waals surface area contributed by atoms with E-state index in [1.807, 2.05) is 43.3 Å². The number of hydrogen-bond acceptors (Lipinski definition) is 3. The van der Waals surface area contributed by atoms with Crippen LogP contribution in [0.4, 0.5) is 5.69 Å². The number of nitrogens with zero attached hydrogens (tertiary/aromatic N) is 1. The summed E-state index contributed by atoms with van der Waals surface area (Å²) in [7, 11) is 0. The van der Waals surface area contributed by atoms with E-state index in [9.17, 15) is 9.59 Å². The van der Waals surface area contributed by atoms with E-state index >= 15 is 0 Å². The summed E-state index contributed by atoms with van der Waals surface area (Å²) in [6.45, 7) is 6.17. The SMILES string of the molecule is Cc1ccc(N2C(=O)c3oc4ccccc4c(=O)c3C2c2ccc(C(C)C)cc2)cc1Cl. The molecule has 0 saturated heterocycles. The van der Waals surface area contributed by atoms with E-state index in [0.29, 0.717) is 33.2 Å². The Balaban J connectivity index is 1.78. The van der Waals surface area contributed by atoms with Crippen molar-refractivity contribution in [1.29, 1.82) is 0 Å². The fraction of sp³-hybridized carbons (Fsp3) is 0.185. The van der Waals surface area contributed by atoms with Crippen LogP contribution in [0.5, 0.6) is 0 Å². The zero-order valence-corrected chi connectivity index (χ0v) is 18.8. The smallest absolute Gasteiger partial charge is 0.295 e. The van der Waals surface area contributed by atoms with Gasteiger partial charge in [0.05, 0.1) is 17.0 Å². The van der Waals surface area contributed by atoms with Crippen LogP contribution in [-0.4, -0.2) is 5.91 Å². The van der Waals surface area contributed by atoms with Crippen LogP contribution in [0.25, 0.3) is 11.0 Å². The zero-order chi connectivity index (χ0) is 22.6. The molecule has 0 bridgehead atoms. The van der Waals surface area contributed by atoms with Crippen molar-refractivity contribution in [2.45, 2.75) is 32.7 Å². The number of anilines is 1. The predicted octanol–water partition coefficient (Wildman–Crippen LogP) is 6.63. The number of halogens is 1. The summed E-state index contributed by atoms with van der Waals surface area (Å²) < 4.78 is 5.99. The van der Waals surface area contributed by atoms with Crippen molar-refractivity contribution in [3.05, 3.63) is 110 Å². The lowest BCUT2D eigenvalue weighted by Gasteiger charge is -2.26. The second-order valence-electron chi connectivity index (χ2n) is 8.50. The Bertz CT molecular complexity index is 1420.